The van der Waals surface area contributed by atoms with Crippen LogP contribution in [0.4, 0.5) is 0 Å². The van der Waals surface area contributed by atoms with Crippen molar-refractivity contribution in [2.24, 2.45) is 0 Å². The van der Waals surface area contributed by atoms with Crippen LogP contribution in [-0.2, 0) is 26.1 Å². The Morgan fingerprint density at radius 2 is 2.11 bits per heavy atom. The maximum Gasteiger partial charge on any atom is 0.147 e. The van der Waals surface area contributed by atoms with Crippen molar-refractivity contribution in [3.8, 4) is 0 Å². The lowest BCUT2D eigenvalue weighted by Crippen LogP contribution is -2.20. The van der Waals surface area contributed by atoms with E-state index in [4.69, 9.17) is 0 Å². The first kappa shape index (κ1) is 12.2. The molecule has 0 aromatic carbocycles. The molecule has 0 radical (unpaired) electrons. The van der Waals surface area contributed by atoms with Crippen molar-refractivity contribution in [3.63, 3.8) is 0 Å². The van der Waals surface area contributed by atoms with Gasteiger partial charge in [-0.2, -0.15) is 0 Å². The number of aromatic nitrogens is 5. The number of rotatable bonds is 4. The molecule has 2 aromatic heterocycles. The van der Waals surface area contributed by atoms with Crippen LogP contribution in [0, 0.1) is 6.92 Å². The second kappa shape index (κ2) is 5.44. The average molecular weight is 258 g/mol. The zero-order valence-corrected chi connectivity index (χ0v) is 11.1. The molecule has 0 amide bonds. The van der Waals surface area contributed by atoms with Crippen LogP contribution in [0.2, 0.25) is 0 Å². The normalized spacial score (nSPS) is 14.4. The lowest BCUT2D eigenvalue weighted by Gasteiger charge is -2.14. The monoisotopic (exact) mass is 258 g/mol. The molecule has 0 saturated heterocycles. The van der Waals surface area contributed by atoms with Crippen LogP contribution in [0.1, 0.15) is 35.9 Å². The highest BCUT2D eigenvalue weighted by Gasteiger charge is 2.14. The predicted molar refractivity (Wildman–Crippen MR) is 70.3 cm³/mol. The summed E-state index contributed by atoms with van der Waals surface area (Å²) in [6, 6.07) is 0. The first-order valence-electron chi connectivity index (χ1n) is 6.72. The molecule has 3 rings (SSSR count). The molecular formula is C13H18N6. The third-order valence-corrected chi connectivity index (χ3v) is 3.36. The van der Waals surface area contributed by atoms with E-state index in [0.29, 0.717) is 6.54 Å². The molecule has 1 aliphatic rings. The molecule has 0 spiro atoms. The van der Waals surface area contributed by atoms with Gasteiger partial charge in [-0.1, -0.05) is 0 Å². The van der Waals surface area contributed by atoms with Crippen LogP contribution in [-0.4, -0.2) is 24.7 Å². The fourth-order valence-electron chi connectivity index (χ4n) is 2.31. The summed E-state index contributed by atoms with van der Waals surface area (Å²) in [4.78, 5) is 8.55. The van der Waals surface area contributed by atoms with E-state index in [0.717, 1.165) is 42.5 Å². The van der Waals surface area contributed by atoms with Gasteiger partial charge in [0.2, 0.25) is 0 Å². The molecule has 19 heavy (non-hydrogen) atoms. The minimum Gasteiger partial charge on any atom is -0.314 e. The van der Waals surface area contributed by atoms with Gasteiger partial charge in [-0.15, -0.1) is 10.2 Å². The summed E-state index contributed by atoms with van der Waals surface area (Å²) in [7, 11) is 0. The van der Waals surface area contributed by atoms with E-state index in [9.17, 15) is 0 Å². The van der Waals surface area contributed by atoms with Gasteiger partial charge in [0.05, 0.1) is 17.9 Å². The van der Waals surface area contributed by atoms with Gasteiger partial charge in [0, 0.05) is 31.9 Å². The van der Waals surface area contributed by atoms with Crippen molar-refractivity contribution in [2.45, 2.75) is 45.8 Å². The van der Waals surface area contributed by atoms with Crippen LogP contribution in [0.25, 0.3) is 0 Å². The second-order valence-corrected chi connectivity index (χ2v) is 4.89. The van der Waals surface area contributed by atoms with Crippen molar-refractivity contribution in [1.82, 2.24) is 30.0 Å². The van der Waals surface area contributed by atoms with Gasteiger partial charge in [0.15, 0.2) is 0 Å². The van der Waals surface area contributed by atoms with Crippen LogP contribution in [0.15, 0.2) is 12.4 Å². The van der Waals surface area contributed by atoms with Crippen LogP contribution in [0.3, 0.4) is 0 Å². The van der Waals surface area contributed by atoms with Crippen molar-refractivity contribution in [3.05, 3.63) is 35.4 Å². The second-order valence-electron chi connectivity index (χ2n) is 4.89. The maximum atomic E-state index is 4.32. The van der Waals surface area contributed by atoms with Gasteiger partial charge in [-0.25, -0.2) is 0 Å². The molecule has 6 heteroatoms. The Morgan fingerprint density at radius 3 is 2.95 bits per heavy atom. The molecule has 0 fully saturated rings. The summed E-state index contributed by atoms with van der Waals surface area (Å²) in [6.07, 6.45) is 7.10. The SMILES string of the molecule is Cc1cnc(CNCc2nnc3n2CCCC3)cn1. The van der Waals surface area contributed by atoms with Crippen LogP contribution < -0.4 is 5.32 Å². The summed E-state index contributed by atoms with van der Waals surface area (Å²) in [5.74, 6) is 2.15. The number of hydrogen-bond acceptors (Lipinski definition) is 5. The van der Waals surface area contributed by atoms with E-state index < -0.39 is 0 Å². The van der Waals surface area contributed by atoms with Crippen LogP contribution >= 0.6 is 0 Å². The van der Waals surface area contributed by atoms with Gasteiger partial charge in [-0.05, 0) is 19.8 Å². The molecule has 3 heterocycles. The molecule has 0 atom stereocenters. The maximum absolute atomic E-state index is 4.32. The standard InChI is InChI=1S/C13H18N6/c1-10-6-16-11(8-15-10)7-14-9-13-18-17-12-4-2-3-5-19(12)13/h6,8,14H,2-5,7,9H2,1H3. The van der Waals surface area contributed by atoms with Gasteiger partial charge in [0.1, 0.15) is 11.6 Å². The van der Waals surface area contributed by atoms with Crippen molar-refractivity contribution >= 4 is 0 Å². The highest BCUT2D eigenvalue weighted by atomic mass is 15.3. The van der Waals surface area contributed by atoms with E-state index >= 15 is 0 Å². The third-order valence-electron chi connectivity index (χ3n) is 3.36. The zero-order valence-electron chi connectivity index (χ0n) is 11.1. The van der Waals surface area contributed by atoms with Gasteiger partial charge < -0.3 is 9.88 Å². The Bertz CT molecular complexity index is 545. The Labute approximate surface area is 112 Å². The Hall–Kier alpha value is -1.82. The van der Waals surface area contributed by atoms with Gasteiger partial charge >= 0.3 is 0 Å². The summed E-state index contributed by atoms with van der Waals surface area (Å²) in [5.41, 5.74) is 1.89. The number of aryl methyl sites for hydroxylation is 2. The van der Waals surface area contributed by atoms with Crippen LogP contribution in [0.5, 0.6) is 0 Å². The Balaban J connectivity index is 1.57. The molecule has 0 unspecified atom stereocenters. The highest BCUT2D eigenvalue weighted by molar-refractivity contribution is 5.01. The molecule has 100 valence electrons. The largest absolute Gasteiger partial charge is 0.314 e. The summed E-state index contributed by atoms with van der Waals surface area (Å²) in [6.45, 7) is 4.41. The van der Waals surface area contributed by atoms with Gasteiger partial charge in [-0.3, -0.25) is 9.97 Å². The number of fused-ring (bicyclic) bond motifs is 1. The van der Waals surface area contributed by atoms with E-state index in [-0.39, 0.29) is 0 Å². The minimum atomic E-state index is 0.704. The number of hydrogen-bond donors (Lipinski definition) is 1. The first-order valence-corrected chi connectivity index (χ1v) is 6.72. The quantitative estimate of drug-likeness (QED) is 0.886. The van der Waals surface area contributed by atoms with E-state index in [2.05, 4.69) is 30.0 Å². The molecule has 2 aromatic rings. The fraction of sp³-hybridized carbons (Fsp3) is 0.538. The molecular weight excluding hydrogens is 240 g/mol. The molecule has 0 bridgehead atoms. The predicted octanol–water partition coefficient (Wildman–Crippen LogP) is 1.00. The topological polar surface area (TPSA) is 68.5 Å². The Morgan fingerprint density at radius 1 is 1.16 bits per heavy atom. The molecule has 1 aliphatic heterocycles. The lowest BCUT2D eigenvalue weighted by atomic mass is 10.2. The highest BCUT2D eigenvalue weighted by Crippen LogP contribution is 2.13. The Kier molecular flexibility index (Phi) is 3.50. The van der Waals surface area contributed by atoms with E-state index in [1.54, 1.807) is 6.20 Å². The summed E-state index contributed by atoms with van der Waals surface area (Å²) >= 11 is 0. The molecule has 0 saturated carbocycles. The summed E-state index contributed by atoms with van der Waals surface area (Å²) in [5, 5.41) is 11.8. The first-order chi connectivity index (χ1) is 9.33. The lowest BCUT2D eigenvalue weighted by molar-refractivity contribution is 0.496. The number of nitrogens with one attached hydrogen (secondary N) is 1. The van der Waals surface area contributed by atoms with Gasteiger partial charge in [0.25, 0.3) is 0 Å². The van der Waals surface area contributed by atoms with E-state index in [1.165, 1.54) is 12.8 Å². The minimum absolute atomic E-state index is 0.704. The third kappa shape index (κ3) is 2.78. The average Bonchev–Trinajstić information content (AvgIpc) is 2.85. The zero-order chi connectivity index (χ0) is 13.1. The van der Waals surface area contributed by atoms with Crippen molar-refractivity contribution < 1.29 is 0 Å². The molecule has 1 N–H and O–H groups in total. The molecule has 0 aliphatic carbocycles. The van der Waals surface area contributed by atoms with Crippen molar-refractivity contribution in [2.75, 3.05) is 0 Å². The molecule has 6 nitrogen and oxygen atoms in total. The summed E-state index contributed by atoms with van der Waals surface area (Å²) < 4.78 is 2.23. The smallest absolute Gasteiger partial charge is 0.147 e. The van der Waals surface area contributed by atoms with Crippen molar-refractivity contribution in [1.29, 1.82) is 0 Å². The fourth-order valence-corrected chi connectivity index (χ4v) is 2.31. The number of nitrogens with zero attached hydrogens (tertiary/aromatic N) is 5. The van der Waals surface area contributed by atoms with E-state index in [1.807, 2.05) is 13.1 Å².